The van der Waals surface area contributed by atoms with Crippen molar-refractivity contribution in [2.45, 2.75) is 154 Å². The van der Waals surface area contributed by atoms with Crippen molar-refractivity contribution in [1.82, 2.24) is 16.0 Å². The average Bonchev–Trinajstić information content (AvgIpc) is 3.11. The molecule has 0 aliphatic rings. The van der Waals surface area contributed by atoms with Crippen LogP contribution in [0.3, 0.4) is 0 Å². The van der Waals surface area contributed by atoms with Crippen molar-refractivity contribution in [3.8, 4) is 0 Å². The molecule has 0 spiro atoms. The molecule has 0 aromatic rings. The van der Waals surface area contributed by atoms with Crippen molar-refractivity contribution in [2.75, 3.05) is 65.9 Å². The highest BCUT2D eigenvalue weighted by atomic mass is 16.5. The number of aliphatic carboxylic acids is 2. The first-order valence-corrected chi connectivity index (χ1v) is 20.2. The van der Waals surface area contributed by atoms with Gasteiger partial charge in [0.2, 0.25) is 5.91 Å². The summed E-state index contributed by atoms with van der Waals surface area (Å²) in [5, 5.41) is 27.1. The zero-order valence-corrected chi connectivity index (χ0v) is 34.4. The molecule has 0 aliphatic heterocycles. The minimum Gasteiger partial charge on any atom is -0.481 e. The van der Waals surface area contributed by atoms with Crippen LogP contribution in [0.2, 0.25) is 0 Å². The van der Waals surface area contributed by atoms with E-state index in [4.69, 9.17) is 24.1 Å². The number of amides is 1. The fraction of sp³-hybridized carbons (Fsp3) is 0.850. The van der Waals surface area contributed by atoms with E-state index < -0.39 is 29.1 Å². The second-order valence-corrected chi connectivity index (χ2v) is 15.1. The molecule has 55 heavy (non-hydrogen) atoms. The van der Waals surface area contributed by atoms with Crippen LogP contribution >= 0.6 is 0 Å². The molecule has 0 aromatic heterocycles. The first kappa shape index (κ1) is 52.2. The van der Waals surface area contributed by atoms with Gasteiger partial charge in [-0.05, 0) is 53.9 Å². The van der Waals surface area contributed by atoms with Crippen molar-refractivity contribution in [2.24, 2.45) is 0 Å². The van der Waals surface area contributed by atoms with Crippen molar-refractivity contribution < 1.29 is 57.9 Å². The third-order valence-corrected chi connectivity index (χ3v) is 9.14. The molecule has 320 valence electrons. The number of rotatable bonds is 40. The summed E-state index contributed by atoms with van der Waals surface area (Å²) in [6.45, 7) is 11.1. The molecule has 15 heteroatoms. The van der Waals surface area contributed by atoms with Crippen LogP contribution in [0.1, 0.15) is 137 Å². The van der Waals surface area contributed by atoms with E-state index in [-0.39, 0.29) is 75.4 Å². The van der Waals surface area contributed by atoms with E-state index in [0.29, 0.717) is 45.9 Å². The maximum Gasteiger partial charge on any atom is 0.326 e. The Bertz CT molecular complexity index is 1100. The first-order chi connectivity index (χ1) is 26.1. The molecule has 0 saturated carbocycles. The van der Waals surface area contributed by atoms with Gasteiger partial charge >= 0.3 is 11.9 Å². The number of hydrogen-bond acceptors (Lipinski definition) is 12. The Morgan fingerprint density at radius 1 is 0.527 bits per heavy atom. The van der Waals surface area contributed by atoms with E-state index in [9.17, 15) is 33.9 Å². The Morgan fingerprint density at radius 3 is 1.40 bits per heavy atom. The highest BCUT2D eigenvalue weighted by molar-refractivity contribution is 5.89. The summed E-state index contributed by atoms with van der Waals surface area (Å²) in [5.74, 6) is -2.55. The Kier molecular flexibility index (Phi) is 30.6. The minimum atomic E-state index is -1.17. The van der Waals surface area contributed by atoms with E-state index in [1.807, 2.05) is 0 Å². The molecule has 0 rings (SSSR count). The topological polar surface area (TPSA) is 216 Å². The summed E-state index contributed by atoms with van der Waals surface area (Å²) in [4.78, 5) is 71.0. The number of unbranched alkanes of at least 4 members (excludes halogenated alkanes) is 11. The fourth-order valence-electron chi connectivity index (χ4n) is 5.51. The molecule has 0 saturated heterocycles. The minimum absolute atomic E-state index is 0.00136. The second-order valence-electron chi connectivity index (χ2n) is 15.1. The van der Waals surface area contributed by atoms with Crippen molar-refractivity contribution in [1.29, 1.82) is 0 Å². The summed E-state index contributed by atoms with van der Waals surface area (Å²) in [6.07, 6.45) is 12.9. The molecule has 15 nitrogen and oxygen atoms in total. The zero-order chi connectivity index (χ0) is 41.4. The van der Waals surface area contributed by atoms with Gasteiger partial charge in [0.05, 0.1) is 50.7 Å². The van der Waals surface area contributed by atoms with Crippen LogP contribution in [-0.2, 0) is 47.7 Å². The van der Waals surface area contributed by atoms with Gasteiger partial charge in [-0.1, -0.05) is 64.2 Å². The second kappa shape index (κ2) is 32.3. The lowest BCUT2D eigenvalue weighted by molar-refractivity contribution is -0.142. The van der Waals surface area contributed by atoms with Crippen molar-refractivity contribution >= 4 is 35.2 Å². The molecular weight excluding hydrogens is 714 g/mol. The molecule has 0 bridgehead atoms. The van der Waals surface area contributed by atoms with Crippen molar-refractivity contribution in [3.05, 3.63) is 0 Å². The average molecular weight is 788 g/mol. The Hall–Kier alpha value is -2.82. The van der Waals surface area contributed by atoms with E-state index in [1.165, 1.54) is 26.2 Å². The van der Waals surface area contributed by atoms with Gasteiger partial charge in [0.15, 0.2) is 17.3 Å². The Labute approximate surface area is 329 Å². The monoisotopic (exact) mass is 788 g/mol. The highest BCUT2D eigenvalue weighted by Gasteiger charge is 2.29. The lowest BCUT2D eigenvalue weighted by Crippen LogP contribution is -2.49. The van der Waals surface area contributed by atoms with Crippen LogP contribution in [0.15, 0.2) is 0 Å². The summed E-state index contributed by atoms with van der Waals surface area (Å²) in [7, 11) is 0. The largest absolute Gasteiger partial charge is 0.481 e. The van der Waals surface area contributed by atoms with Crippen LogP contribution in [0.25, 0.3) is 0 Å². The maximum absolute atomic E-state index is 12.9. The summed E-state index contributed by atoms with van der Waals surface area (Å²) in [6, 6.07) is -1.13. The van der Waals surface area contributed by atoms with Gasteiger partial charge in [0.1, 0.15) is 19.3 Å². The van der Waals surface area contributed by atoms with E-state index in [2.05, 4.69) is 16.0 Å². The Morgan fingerprint density at radius 2 is 0.945 bits per heavy atom. The SMILES string of the molecule is CC(=O)COCCOCCNC(C)(C)C(=O)COCCOCCNC(C)(C)C(=O)CCC(NC(=O)CCCCCCCCCCCCCCC(=O)O)C(=O)O. The van der Waals surface area contributed by atoms with Gasteiger partial charge in [-0.3, -0.25) is 24.0 Å². The molecule has 5 N–H and O–H groups in total. The van der Waals surface area contributed by atoms with E-state index in [0.717, 1.165) is 51.4 Å². The predicted molar refractivity (Wildman–Crippen MR) is 209 cm³/mol. The highest BCUT2D eigenvalue weighted by Crippen LogP contribution is 2.14. The number of ketones is 3. The normalized spacial score (nSPS) is 12.4. The van der Waals surface area contributed by atoms with Gasteiger partial charge in [-0.15, -0.1) is 0 Å². The van der Waals surface area contributed by atoms with Crippen LogP contribution in [0.4, 0.5) is 0 Å². The van der Waals surface area contributed by atoms with Crippen LogP contribution < -0.4 is 16.0 Å². The third kappa shape index (κ3) is 31.0. The number of carboxylic acids is 2. The van der Waals surface area contributed by atoms with Crippen LogP contribution in [0.5, 0.6) is 0 Å². The molecule has 0 radical (unpaired) electrons. The lowest BCUT2D eigenvalue weighted by atomic mass is 9.94. The molecule has 1 unspecified atom stereocenters. The number of carbonyl (C=O) groups is 6. The first-order valence-electron chi connectivity index (χ1n) is 20.2. The van der Waals surface area contributed by atoms with Gasteiger partial charge in [0.25, 0.3) is 0 Å². The summed E-state index contributed by atoms with van der Waals surface area (Å²) >= 11 is 0. The van der Waals surface area contributed by atoms with Gasteiger partial charge in [0, 0.05) is 32.4 Å². The van der Waals surface area contributed by atoms with E-state index >= 15 is 0 Å². The maximum atomic E-state index is 12.9. The number of carboxylic acid groups (broad SMARTS) is 2. The van der Waals surface area contributed by atoms with Gasteiger partial charge < -0.3 is 45.1 Å². The molecule has 0 aliphatic carbocycles. The molecular formula is C40H73N3O12. The van der Waals surface area contributed by atoms with Gasteiger partial charge in [-0.2, -0.15) is 0 Å². The predicted octanol–water partition coefficient (Wildman–Crippen LogP) is 4.41. The Balaban J connectivity index is 4.02. The lowest BCUT2D eigenvalue weighted by Gasteiger charge is -2.26. The quantitative estimate of drug-likeness (QED) is 0.0544. The zero-order valence-electron chi connectivity index (χ0n) is 34.4. The molecule has 0 heterocycles. The number of hydrogen-bond donors (Lipinski definition) is 5. The molecule has 0 aromatic carbocycles. The number of nitrogens with one attached hydrogen (secondary N) is 3. The van der Waals surface area contributed by atoms with Crippen LogP contribution in [0, 0.1) is 0 Å². The molecule has 1 atom stereocenters. The number of ether oxygens (including phenoxy) is 4. The number of Topliss-reactive ketones (excluding diaryl/α,β-unsaturated/α-hetero) is 3. The smallest absolute Gasteiger partial charge is 0.326 e. The number of carbonyl (C=O) groups excluding carboxylic acids is 4. The van der Waals surface area contributed by atoms with E-state index in [1.54, 1.807) is 27.7 Å². The van der Waals surface area contributed by atoms with Crippen LogP contribution in [-0.4, -0.2) is 128 Å². The van der Waals surface area contributed by atoms with Gasteiger partial charge in [-0.25, -0.2) is 4.79 Å². The molecule has 1 amide bonds. The third-order valence-electron chi connectivity index (χ3n) is 9.14. The molecule has 0 fully saturated rings. The standard InChI is InChI=1S/C40H73N3O12/c1-32(44)30-54-28-26-52-25-23-42-40(4,5)35(46)31-55-29-27-53-24-22-41-39(2,3)34(45)21-20-33(38(50)51)43-36(47)18-16-14-12-10-8-6-7-9-11-13-15-17-19-37(48)49/h33,41-42H,6-31H2,1-5H3,(H,43,47)(H,48,49)(H,50,51). The fourth-order valence-corrected chi connectivity index (χ4v) is 5.51. The summed E-state index contributed by atoms with van der Waals surface area (Å²) < 4.78 is 21.6. The summed E-state index contributed by atoms with van der Waals surface area (Å²) in [5.41, 5.74) is -1.72. The van der Waals surface area contributed by atoms with Crippen molar-refractivity contribution in [3.63, 3.8) is 0 Å².